The molecule has 0 heterocycles. The summed E-state index contributed by atoms with van der Waals surface area (Å²) in [7, 11) is 0. The molecule has 0 radical (unpaired) electrons. The van der Waals surface area contributed by atoms with E-state index in [0.717, 1.165) is 17.7 Å². The van der Waals surface area contributed by atoms with Crippen LogP contribution in [0.2, 0.25) is 10.0 Å². The monoisotopic (exact) mass is 480 g/mol. The lowest BCUT2D eigenvalue weighted by Crippen LogP contribution is -2.50. The summed E-state index contributed by atoms with van der Waals surface area (Å²) in [5, 5.41) is 3.86. The smallest absolute Gasteiger partial charge is 0.242 e. The number of amides is 2. The number of hydrogen-bond acceptors (Lipinski definition) is 3. The molecule has 0 unspecified atom stereocenters. The number of nitrogens with zero attached hydrogens (tertiary/aromatic N) is 1. The fourth-order valence-corrected chi connectivity index (χ4v) is 4.29. The van der Waals surface area contributed by atoms with E-state index in [0.29, 0.717) is 10.0 Å². The van der Waals surface area contributed by atoms with Gasteiger partial charge in [-0.3, -0.25) is 9.59 Å². The van der Waals surface area contributed by atoms with Gasteiger partial charge in [0.15, 0.2) is 0 Å². The molecule has 0 aliphatic heterocycles. The van der Waals surface area contributed by atoms with Gasteiger partial charge in [-0.25, -0.2) is 0 Å². The van der Waals surface area contributed by atoms with Crippen molar-refractivity contribution in [3.05, 3.63) is 69.2 Å². The van der Waals surface area contributed by atoms with E-state index < -0.39 is 6.04 Å². The lowest BCUT2D eigenvalue weighted by molar-refractivity contribution is -0.138. The largest absolute Gasteiger partial charge is 0.352 e. The van der Waals surface area contributed by atoms with Gasteiger partial charge in [0.25, 0.3) is 0 Å². The van der Waals surface area contributed by atoms with Crippen LogP contribution in [0.1, 0.15) is 43.9 Å². The molecule has 0 aliphatic rings. The molecule has 0 aliphatic carbocycles. The van der Waals surface area contributed by atoms with Gasteiger partial charge in [0, 0.05) is 18.3 Å². The number of rotatable bonds is 10. The normalized spacial score (nSPS) is 12.8. The molecule has 2 aromatic carbocycles. The number of thioether (sulfide) groups is 1. The minimum atomic E-state index is -0.602. The van der Waals surface area contributed by atoms with E-state index in [1.165, 1.54) is 11.1 Å². The van der Waals surface area contributed by atoms with Crippen LogP contribution in [0.25, 0.3) is 0 Å². The van der Waals surface area contributed by atoms with Gasteiger partial charge < -0.3 is 10.2 Å². The van der Waals surface area contributed by atoms with Crippen LogP contribution >= 0.6 is 35.0 Å². The van der Waals surface area contributed by atoms with Crippen molar-refractivity contribution in [1.29, 1.82) is 0 Å². The second-order valence-electron chi connectivity index (χ2n) is 7.68. The van der Waals surface area contributed by atoms with Gasteiger partial charge in [0.05, 0.1) is 15.8 Å². The fourth-order valence-electron chi connectivity index (χ4n) is 2.99. The van der Waals surface area contributed by atoms with Crippen LogP contribution < -0.4 is 5.32 Å². The van der Waals surface area contributed by atoms with Crippen molar-refractivity contribution in [2.45, 2.75) is 58.5 Å². The van der Waals surface area contributed by atoms with Crippen LogP contribution in [0.15, 0.2) is 42.5 Å². The van der Waals surface area contributed by atoms with E-state index in [2.05, 4.69) is 24.4 Å². The minimum absolute atomic E-state index is 0.0484. The van der Waals surface area contributed by atoms with Crippen molar-refractivity contribution < 1.29 is 9.59 Å². The molecular formula is C24H30Cl2N2O2S. The van der Waals surface area contributed by atoms with Gasteiger partial charge in [0.1, 0.15) is 6.04 Å². The van der Waals surface area contributed by atoms with Crippen molar-refractivity contribution >= 4 is 46.8 Å². The van der Waals surface area contributed by atoms with Crippen LogP contribution in [-0.4, -0.2) is 34.6 Å². The summed E-state index contributed by atoms with van der Waals surface area (Å²) in [5.41, 5.74) is 3.24. The van der Waals surface area contributed by atoms with Gasteiger partial charge in [0.2, 0.25) is 11.8 Å². The maximum Gasteiger partial charge on any atom is 0.242 e. The Morgan fingerprint density at radius 1 is 1.10 bits per heavy atom. The average Bonchev–Trinajstić information content (AvgIpc) is 2.75. The predicted molar refractivity (Wildman–Crippen MR) is 132 cm³/mol. The Morgan fingerprint density at radius 2 is 1.81 bits per heavy atom. The molecule has 2 aromatic rings. The Kier molecular flexibility index (Phi) is 10.2. The molecule has 0 saturated heterocycles. The molecule has 0 aromatic heterocycles. The van der Waals surface area contributed by atoms with Crippen molar-refractivity contribution in [2.75, 3.05) is 5.75 Å². The lowest BCUT2D eigenvalue weighted by atomic mass is 10.1. The Hall–Kier alpha value is -1.69. The highest BCUT2D eigenvalue weighted by molar-refractivity contribution is 7.99. The van der Waals surface area contributed by atoms with Gasteiger partial charge in [-0.05, 0) is 56.0 Å². The Morgan fingerprint density at radius 3 is 2.45 bits per heavy atom. The highest BCUT2D eigenvalue weighted by atomic mass is 35.5. The molecule has 2 atom stereocenters. The zero-order valence-corrected chi connectivity index (χ0v) is 20.8. The van der Waals surface area contributed by atoms with Gasteiger partial charge in [-0.2, -0.15) is 0 Å². The minimum Gasteiger partial charge on any atom is -0.352 e. The van der Waals surface area contributed by atoms with Crippen LogP contribution in [0.3, 0.4) is 0 Å². The first-order valence-electron chi connectivity index (χ1n) is 10.4. The Labute approximate surface area is 199 Å². The van der Waals surface area contributed by atoms with E-state index in [-0.39, 0.29) is 30.2 Å². The summed E-state index contributed by atoms with van der Waals surface area (Å²) >= 11 is 13.7. The summed E-state index contributed by atoms with van der Waals surface area (Å²) in [6, 6.07) is 12.9. The van der Waals surface area contributed by atoms with Crippen molar-refractivity contribution in [2.24, 2.45) is 0 Å². The van der Waals surface area contributed by atoms with E-state index in [1.54, 1.807) is 35.7 Å². The summed E-state index contributed by atoms with van der Waals surface area (Å²) in [6.07, 6.45) is 0.825. The van der Waals surface area contributed by atoms with Gasteiger partial charge in [-0.15, -0.1) is 11.8 Å². The Bertz CT molecular complexity index is 907. The maximum atomic E-state index is 13.1. The number of nitrogens with one attached hydrogen (secondary N) is 1. The standard InChI is InChI=1S/C24H30Cl2N2O2S/c1-5-17(3)27-24(30)18(4)28(13-19-10-11-21(25)22(26)12-19)23(29)15-31-14-20-9-7-6-8-16(20)2/h6-12,17-18H,5,13-15H2,1-4H3,(H,27,30)/t17-,18-/m1/s1. The Balaban J connectivity index is 2.12. The number of hydrogen-bond donors (Lipinski definition) is 1. The van der Waals surface area contributed by atoms with E-state index in [4.69, 9.17) is 23.2 Å². The maximum absolute atomic E-state index is 13.1. The molecule has 0 bridgehead atoms. The molecule has 168 valence electrons. The number of carbonyl (C=O) groups is 2. The van der Waals surface area contributed by atoms with Crippen molar-refractivity contribution in [3.63, 3.8) is 0 Å². The highest BCUT2D eigenvalue weighted by Gasteiger charge is 2.26. The third kappa shape index (κ3) is 7.74. The van der Waals surface area contributed by atoms with Gasteiger partial charge in [-0.1, -0.05) is 60.5 Å². The van der Waals surface area contributed by atoms with Crippen molar-refractivity contribution in [1.82, 2.24) is 10.2 Å². The van der Waals surface area contributed by atoms with Crippen LogP contribution in [0.4, 0.5) is 0 Å². The first-order chi connectivity index (χ1) is 14.7. The molecule has 2 rings (SSSR count). The zero-order valence-electron chi connectivity index (χ0n) is 18.5. The molecule has 0 fully saturated rings. The molecule has 31 heavy (non-hydrogen) atoms. The molecule has 1 N–H and O–H groups in total. The number of benzene rings is 2. The van der Waals surface area contributed by atoms with Crippen LogP contribution in [0.5, 0.6) is 0 Å². The predicted octanol–water partition coefficient (Wildman–Crippen LogP) is 5.87. The topological polar surface area (TPSA) is 49.4 Å². The zero-order chi connectivity index (χ0) is 23.0. The van der Waals surface area contributed by atoms with E-state index in [9.17, 15) is 9.59 Å². The second-order valence-corrected chi connectivity index (χ2v) is 9.48. The molecule has 4 nitrogen and oxygen atoms in total. The highest BCUT2D eigenvalue weighted by Crippen LogP contribution is 2.24. The molecule has 0 spiro atoms. The van der Waals surface area contributed by atoms with E-state index >= 15 is 0 Å². The first-order valence-corrected chi connectivity index (χ1v) is 12.3. The quantitative estimate of drug-likeness (QED) is 0.462. The summed E-state index contributed by atoms with van der Waals surface area (Å²) < 4.78 is 0. The average molecular weight is 481 g/mol. The molecule has 7 heteroatoms. The van der Waals surface area contributed by atoms with E-state index in [1.807, 2.05) is 32.0 Å². The first kappa shape index (κ1) is 25.6. The number of aryl methyl sites for hydroxylation is 1. The summed E-state index contributed by atoms with van der Waals surface area (Å²) in [6.45, 7) is 8.08. The van der Waals surface area contributed by atoms with Gasteiger partial charge >= 0.3 is 0 Å². The molecule has 0 saturated carbocycles. The lowest BCUT2D eigenvalue weighted by Gasteiger charge is -2.29. The summed E-state index contributed by atoms with van der Waals surface area (Å²) in [5.74, 6) is 0.784. The number of halogens is 2. The SMILES string of the molecule is CC[C@@H](C)NC(=O)[C@@H](C)N(Cc1ccc(Cl)c(Cl)c1)C(=O)CSCc1ccccc1C. The third-order valence-electron chi connectivity index (χ3n) is 5.25. The van der Waals surface area contributed by atoms with Crippen molar-refractivity contribution in [3.8, 4) is 0 Å². The summed E-state index contributed by atoms with van der Waals surface area (Å²) in [4.78, 5) is 27.5. The third-order valence-corrected chi connectivity index (χ3v) is 6.95. The van der Waals surface area contributed by atoms with Crippen LogP contribution in [0, 0.1) is 6.92 Å². The molecular weight excluding hydrogens is 451 g/mol. The number of carbonyl (C=O) groups excluding carboxylic acids is 2. The molecule has 2 amide bonds. The fraction of sp³-hybridized carbons (Fsp3) is 0.417. The second kappa shape index (κ2) is 12.4. The van der Waals surface area contributed by atoms with Crippen LogP contribution in [-0.2, 0) is 21.9 Å².